The summed E-state index contributed by atoms with van der Waals surface area (Å²) in [5, 5.41) is 5.73. The zero-order valence-electron chi connectivity index (χ0n) is 47.7. The van der Waals surface area contributed by atoms with Crippen LogP contribution in [-0.2, 0) is 31.9 Å². The zero-order chi connectivity index (χ0) is 52.7. The number of aryl methyl sites for hydroxylation is 2. The number of hydrogen-bond acceptors (Lipinski definition) is 3. The third-order valence-electron chi connectivity index (χ3n) is 11.2. The minimum Gasteiger partial charge on any atom is -0.500 e. The molecule has 9 rings (SSSR count). The van der Waals surface area contributed by atoms with Crippen molar-refractivity contribution in [2.75, 3.05) is 0 Å². The molecule has 63 heavy (non-hydrogen) atoms. The van der Waals surface area contributed by atoms with Crippen LogP contribution in [0.2, 0.25) is 0 Å². The smallest absolute Gasteiger partial charge is 0.129 e. The van der Waals surface area contributed by atoms with Crippen molar-refractivity contribution >= 4 is 43.5 Å². The van der Waals surface area contributed by atoms with Crippen molar-refractivity contribution in [1.82, 2.24) is 9.97 Å². The van der Waals surface area contributed by atoms with Crippen molar-refractivity contribution in [1.29, 1.82) is 0 Å². The molecule has 0 fully saturated rings. The molecular formula is C59H60IrN2O-2. The maximum Gasteiger partial charge on any atom is 0.129 e. The maximum absolute atomic E-state index is 9.00. The van der Waals surface area contributed by atoms with Gasteiger partial charge < -0.3 is 14.4 Å². The van der Waals surface area contributed by atoms with E-state index in [1.807, 2.05) is 76.4 Å². The van der Waals surface area contributed by atoms with E-state index < -0.39 is 37.3 Å². The molecule has 3 aromatic heterocycles. The number of hydrogen-bond donors (Lipinski definition) is 0. The minimum atomic E-state index is -2.55. The molecule has 9 aromatic rings. The Morgan fingerprint density at radius 3 is 2.11 bits per heavy atom. The fourth-order valence-electron chi connectivity index (χ4n) is 7.90. The molecule has 323 valence electrons. The second kappa shape index (κ2) is 18.0. The Balaban J connectivity index is 0.000000312. The van der Waals surface area contributed by atoms with E-state index in [0.717, 1.165) is 65.8 Å². The van der Waals surface area contributed by atoms with Crippen molar-refractivity contribution in [3.05, 3.63) is 167 Å². The Bertz CT molecular complexity index is 3440. The SMILES string of the molecule is [2H]C([2H])([2H])c1c[c-]c(-c2ccc(C(C)(C)C)cn2)cc1.[2H]C([2H])([2H])c1cnc(-c2[c-]ccc3c2oc2c3ccc3ccc4cc(-c5ccc(C([2H])(C)C)cc5C([2H])(C)C)ccc4c32)cc1C([2H])([2H])C(C)(C)C.[Ir]. The quantitative estimate of drug-likeness (QED) is 0.123. The second-order valence-electron chi connectivity index (χ2n) is 18.7. The van der Waals surface area contributed by atoms with E-state index in [-0.39, 0.29) is 36.6 Å². The molecule has 0 atom stereocenters. The van der Waals surface area contributed by atoms with Crippen LogP contribution in [0.5, 0.6) is 0 Å². The molecule has 0 aliphatic carbocycles. The summed E-state index contributed by atoms with van der Waals surface area (Å²) in [6.07, 6.45) is 1.16. The van der Waals surface area contributed by atoms with Gasteiger partial charge in [-0.25, -0.2) is 0 Å². The molecule has 3 heterocycles. The van der Waals surface area contributed by atoms with Crippen LogP contribution in [0.4, 0.5) is 0 Å². The first-order valence-electron chi connectivity index (χ1n) is 26.1. The van der Waals surface area contributed by atoms with E-state index in [0.29, 0.717) is 28.0 Å². The number of pyridine rings is 2. The van der Waals surface area contributed by atoms with Crippen molar-refractivity contribution in [3.8, 4) is 33.6 Å². The molecule has 0 bridgehead atoms. The third-order valence-corrected chi connectivity index (χ3v) is 11.2. The average Bonchev–Trinajstić information content (AvgIpc) is 3.69. The van der Waals surface area contributed by atoms with E-state index in [1.54, 1.807) is 45.0 Å². The van der Waals surface area contributed by atoms with Gasteiger partial charge in [-0.05, 0) is 103 Å². The predicted octanol–water partition coefficient (Wildman–Crippen LogP) is 16.7. The normalized spacial score (nSPS) is 15.3. The standard InChI is InChI=1S/C43H42NO.C16H18N.Ir/c1-25(2)29-15-17-33(38(21-29)26(3)4)30-16-18-34-31(20-30)13-12-28-14-19-36-35-10-9-11-37(41(35)45-42(36)40(28)34)39-22-32(23-43(6,7)8)27(5)24-44-39;1-12-5-7-13(8-6-12)15-10-9-14(11-17-15)16(2,3)4;/h9-10,12-22,24-26H,23H2,1-8H3;5-7,9-11H,1-4H3;/q2*-1;/i5D3,23D2,25D,26D;1D3;. The molecule has 0 aliphatic heterocycles. The van der Waals surface area contributed by atoms with Crippen molar-refractivity contribution in [2.24, 2.45) is 5.41 Å². The Labute approximate surface area is 402 Å². The second-order valence-corrected chi connectivity index (χ2v) is 18.7. The van der Waals surface area contributed by atoms with Gasteiger partial charge in [0, 0.05) is 57.0 Å². The van der Waals surface area contributed by atoms with Crippen LogP contribution in [0, 0.1) is 31.3 Å². The summed E-state index contributed by atoms with van der Waals surface area (Å²) >= 11 is 0. The van der Waals surface area contributed by atoms with Crippen LogP contribution in [0.1, 0.15) is 128 Å². The first kappa shape index (κ1) is 34.1. The Kier molecular flexibility index (Phi) is 9.73. The predicted molar refractivity (Wildman–Crippen MR) is 264 cm³/mol. The molecule has 1 radical (unpaired) electrons. The number of furan rings is 1. The summed E-state index contributed by atoms with van der Waals surface area (Å²) in [5.41, 5.74) is 8.05. The molecular weight excluding hydrogens is 945 g/mol. The fourth-order valence-corrected chi connectivity index (χ4v) is 7.90. The van der Waals surface area contributed by atoms with E-state index >= 15 is 0 Å². The molecule has 0 saturated heterocycles. The van der Waals surface area contributed by atoms with Crippen molar-refractivity contribution < 1.29 is 38.2 Å². The summed E-state index contributed by atoms with van der Waals surface area (Å²) in [6.45, 7) is 14.5. The molecule has 0 amide bonds. The monoisotopic (exact) mass is 1020 g/mol. The molecule has 0 N–H and O–H groups in total. The summed E-state index contributed by atoms with van der Waals surface area (Å²) in [7, 11) is 0. The van der Waals surface area contributed by atoms with Gasteiger partial charge >= 0.3 is 0 Å². The number of aromatic nitrogens is 2. The van der Waals surface area contributed by atoms with Crippen LogP contribution in [0.25, 0.3) is 77.1 Å². The Hall–Kier alpha value is -5.41. The molecule has 0 aliphatic rings. The number of nitrogens with zero attached hydrogens (tertiary/aromatic N) is 2. The van der Waals surface area contributed by atoms with Gasteiger partial charge in [0.05, 0.1) is 5.58 Å². The molecule has 0 unspecified atom stereocenters. The van der Waals surface area contributed by atoms with Gasteiger partial charge in [0.25, 0.3) is 0 Å². The van der Waals surface area contributed by atoms with Gasteiger partial charge in [-0.1, -0.05) is 165 Å². The van der Waals surface area contributed by atoms with Gasteiger partial charge in [-0.3, -0.25) is 0 Å². The van der Waals surface area contributed by atoms with E-state index in [4.69, 9.17) is 18.1 Å². The van der Waals surface area contributed by atoms with Gasteiger partial charge in [0.2, 0.25) is 0 Å². The van der Waals surface area contributed by atoms with Gasteiger partial charge in [-0.2, -0.15) is 0 Å². The third kappa shape index (κ3) is 9.59. The van der Waals surface area contributed by atoms with Crippen LogP contribution in [0.3, 0.4) is 0 Å². The van der Waals surface area contributed by atoms with E-state index in [9.17, 15) is 0 Å². The van der Waals surface area contributed by atoms with Crippen LogP contribution >= 0.6 is 0 Å². The largest absolute Gasteiger partial charge is 0.500 e. The summed E-state index contributed by atoms with van der Waals surface area (Å²) in [4.78, 5) is 8.98. The molecule has 0 saturated carbocycles. The zero-order valence-corrected chi connectivity index (χ0v) is 40.1. The topological polar surface area (TPSA) is 38.9 Å². The number of rotatable bonds is 6. The molecule has 0 spiro atoms. The van der Waals surface area contributed by atoms with Crippen LogP contribution in [-0.4, -0.2) is 9.97 Å². The minimum absolute atomic E-state index is 0. The van der Waals surface area contributed by atoms with Gasteiger partial charge in [-0.15, -0.1) is 53.6 Å². The molecule has 4 heteroatoms. The molecule has 6 aromatic carbocycles. The number of fused-ring (bicyclic) bond motifs is 7. The number of benzene rings is 6. The fraction of sp³-hybridized carbons (Fsp3) is 0.288. The first-order chi connectivity index (χ1) is 33.2. The van der Waals surface area contributed by atoms with Crippen molar-refractivity contribution in [3.63, 3.8) is 0 Å². The van der Waals surface area contributed by atoms with Gasteiger partial charge in [0.15, 0.2) is 0 Å². The van der Waals surface area contributed by atoms with Gasteiger partial charge in [0.1, 0.15) is 5.58 Å². The first-order valence-corrected chi connectivity index (χ1v) is 21.1. The summed E-state index contributed by atoms with van der Waals surface area (Å²) in [6, 6.07) is 41.1. The summed E-state index contributed by atoms with van der Waals surface area (Å²) in [5.74, 6) is -1.65. The van der Waals surface area contributed by atoms with E-state index in [1.165, 1.54) is 17.8 Å². The average molecular weight is 1020 g/mol. The molecule has 3 nitrogen and oxygen atoms in total. The Morgan fingerprint density at radius 2 is 1.44 bits per heavy atom. The van der Waals surface area contributed by atoms with Crippen molar-refractivity contribution in [2.45, 2.75) is 107 Å². The van der Waals surface area contributed by atoms with E-state index in [2.05, 4.69) is 79.3 Å². The maximum atomic E-state index is 9.00. The Morgan fingerprint density at radius 1 is 0.698 bits per heavy atom. The summed E-state index contributed by atoms with van der Waals surface area (Å²) < 4.78 is 88.7. The van der Waals surface area contributed by atoms with Crippen LogP contribution in [0.15, 0.2) is 126 Å². The van der Waals surface area contributed by atoms with Crippen LogP contribution < -0.4 is 0 Å².